The SMILES string of the molecule is O=C(CS(=O)(=O)c1ccccc1)Nc1nnc([C@H]2CC(=O)N(c3ccc(Cl)cc3)C2)s1. The van der Waals surface area contributed by atoms with E-state index in [9.17, 15) is 18.0 Å². The van der Waals surface area contributed by atoms with Crippen LogP contribution >= 0.6 is 22.9 Å². The number of amides is 2. The number of carbonyl (C=O) groups is 2. The second-order valence-electron chi connectivity index (χ2n) is 6.95. The second-order valence-corrected chi connectivity index (χ2v) is 10.4. The van der Waals surface area contributed by atoms with Crippen molar-refractivity contribution < 1.29 is 18.0 Å². The van der Waals surface area contributed by atoms with Crippen molar-refractivity contribution in [1.29, 1.82) is 0 Å². The van der Waals surface area contributed by atoms with Gasteiger partial charge in [0, 0.05) is 29.6 Å². The van der Waals surface area contributed by atoms with E-state index in [4.69, 9.17) is 11.6 Å². The molecule has 0 bridgehead atoms. The summed E-state index contributed by atoms with van der Waals surface area (Å²) in [6.07, 6.45) is 0.271. The zero-order chi connectivity index (χ0) is 22.0. The normalized spacial score (nSPS) is 16.5. The highest BCUT2D eigenvalue weighted by Gasteiger charge is 2.34. The van der Waals surface area contributed by atoms with Gasteiger partial charge in [-0.1, -0.05) is 41.1 Å². The Morgan fingerprint density at radius 2 is 1.84 bits per heavy atom. The molecule has 1 atom stereocenters. The summed E-state index contributed by atoms with van der Waals surface area (Å²) in [6, 6.07) is 14.8. The summed E-state index contributed by atoms with van der Waals surface area (Å²) < 4.78 is 24.7. The fourth-order valence-corrected chi connectivity index (χ4v) is 5.37. The van der Waals surface area contributed by atoms with E-state index in [1.165, 1.54) is 12.1 Å². The molecule has 1 saturated heterocycles. The van der Waals surface area contributed by atoms with Gasteiger partial charge < -0.3 is 4.90 Å². The summed E-state index contributed by atoms with van der Waals surface area (Å²) in [5, 5.41) is 11.9. The summed E-state index contributed by atoms with van der Waals surface area (Å²) in [5.41, 5.74) is 0.751. The average Bonchev–Trinajstić information content (AvgIpc) is 3.35. The van der Waals surface area contributed by atoms with Crippen molar-refractivity contribution in [3.63, 3.8) is 0 Å². The van der Waals surface area contributed by atoms with Crippen LogP contribution in [0.5, 0.6) is 0 Å². The van der Waals surface area contributed by atoms with Gasteiger partial charge in [-0.25, -0.2) is 8.42 Å². The molecule has 1 aliphatic rings. The lowest BCUT2D eigenvalue weighted by Gasteiger charge is -2.16. The highest BCUT2D eigenvalue weighted by Crippen LogP contribution is 2.34. The topological polar surface area (TPSA) is 109 Å². The molecule has 31 heavy (non-hydrogen) atoms. The molecule has 0 radical (unpaired) electrons. The predicted molar refractivity (Wildman–Crippen MR) is 118 cm³/mol. The predicted octanol–water partition coefficient (Wildman–Crippen LogP) is 3.12. The van der Waals surface area contributed by atoms with E-state index in [0.29, 0.717) is 16.6 Å². The van der Waals surface area contributed by atoms with E-state index in [2.05, 4.69) is 15.5 Å². The molecule has 1 fully saturated rings. The summed E-state index contributed by atoms with van der Waals surface area (Å²) in [6.45, 7) is 0.436. The number of hydrogen-bond acceptors (Lipinski definition) is 7. The third-order valence-electron chi connectivity index (χ3n) is 4.72. The number of halogens is 1. The van der Waals surface area contributed by atoms with E-state index in [-0.39, 0.29) is 28.3 Å². The van der Waals surface area contributed by atoms with E-state index in [1.54, 1.807) is 47.4 Å². The number of nitrogens with zero attached hydrogens (tertiary/aromatic N) is 3. The molecule has 3 aromatic rings. The molecule has 8 nitrogen and oxygen atoms in total. The molecule has 0 unspecified atom stereocenters. The van der Waals surface area contributed by atoms with Gasteiger partial charge in [0.15, 0.2) is 9.84 Å². The van der Waals surface area contributed by atoms with Crippen molar-refractivity contribution in [2.24, 2.45) is 0 Å². The molecule has 1 N–H and O–H groups in total. The molecule has 0 spiro atoms. The van der Waals surface area contributed by atoms with Gasteiger partial charge in [-0.05, 0) is 36.4 Å². The standard InChI is InChI=1S/C20H17ClN4O4S2/c21-14-6-8-15(9-7-14)25-11-13(10-18(25)27)19-23-24-20(30-19)22-17(26)12-31(28,29)16-4-2-1-3-5-16/h1-9,13H,10-12H2,(H,22,24,26)/t13-/m0/s1. The third-order valence-corrected chi connectivity index (χ3v) is 7.61. The molecule has 4 rings (SSSR count). The molecule has 2 heterocycles. The lowest BCUT2D eigenvalue weighted by molar-refractivity contribution is -0.117. The van der Waals surface area contributed by atoms with Crippen LogP contribution in [0.2, 0.25) is 5.02 Å². The minimum Gasteiger partial charge on any atom is -0.312 e. The zero-order valence-electron chi connectivity index (χ0n) is 16.1. The minimum absolute atomic E-state index is 0.0398. The molecule has 1 aromatic heterocycles. The lowest BCUT2D eigenvalue weighted by Crippen LogP contribution is -2.24. The highest BCUT2D eigenvalue weighted by atomic mass is 35.5. The Balaban J connectivity index is 1.40. The Morgan fingerprint density at radius 1 is 1.13 bits per heavy atom. The monoisotopic (exact) mass is 476 g/mol. The zero-order valence-corrected chi connectivity index (χ0v) is 18.5. The largest absolute Gasteiger partial charge is 0.312 e. The van der Waals surface area contributed by atoms with Crippen molar-refractivity contribution in [3.05, 3.63) is 64.6 Å². The molecule has 11 heteroatoms. The number of rotatable bonds is 6. The number of hydrogen-bond donors (Lipinski definition) is 1. The fraction of sp³-hybridized carbons (Fsp3) is 0.200. The molecule has 160 valence electrons. The number of carbonyl (C=O) groups excluding carboxylic acids is 2. The van der Waals surface area contributed by atoms with Crippen LogP contribution in [-0.2, 0) is 19.4 Å². The number of aromatic nitrogens is 2. The fourth-order valence-electron chi connectivity index (χ4n) is 3.23. The smallest absolute Gasteiger partial charge is 0.241 e. The summed E-state index contributed by atoms with van der Waals surface area (Å²) in [4.78, 5) is 26.4. The highest BCUT2D eigenvalue weighted by molar-refractivity contribution is 7.92. The van der Waals surface area contributed by atoms with E-state index >= 15 is 0 Å². The summed E-state index contributed by atoms with van der Waals surface area (Å²) in [5.74, 6) is -1.60. The molecule has 1 aliphatic heterocycles. The number of nitrogens with one attached hydrogen (secondary N) is 1. The summed E-state index contributed by atoms with van der Waals surface area (Å²) in [7, 11) is -3.75. The van der Waals surface area contributed by atoms with Crippen molar-refractivity contribution in [1.82, 2.24) is 10.2 Å². The minimum atomic E-state index is -3.75. The Labute approximate surface area is 187 Å². The first kappa shape index (κ1) is 21.4. The molecule has 0 saturated carbocycles. The number of benzene rings is 2. The maximum absolute atomic E-state index is 12.4. The van der Waals surface area contributed by atoms with Crippen LogP contribution in [0.15, 0.2) is 59.5 Å². The van der Waals surface area contributed by atoms with E-state index in [1.807, 2.05) is 0 Å². The van der Waals surface area contributed by atoms with Gasteiger partial charge in [0.05, 0.1) is 4.90 Å². The van der Waals surface area contributed by atoms with Crippen LogP contribution in [-0.4, -0.2) is 42.7 Å². The molecule has 2 amide bonds. The van der Waals surface area contributed by atoms with Crippen LogP contribution in [0.1, 0.15) is 17.3 Å². The van der Waals surface area contributed by atoms with Crippen molar-refractivity contribution >= 4 is 55.4 Å². The van der Waals surface area contributed by atoms with Gasteiger partial charge in [-0.2, -0.15) is 0 Å². The first-order chi connectivity index (χ1) is 14.8. The van der Waals surface area contributed by atoms with Gasteiger partial charge in [0.1, 0.15) is 10.8 Å². The van der Waals surface area contributed by atoms with Crippen LogP contribution < -0.4 is 10.2 Å². The van der Waals surface area contributed by atoms with Gasteiger partial charge in [-0.3, -0.25) is 14.9 Å². The molecule has 0 aliphatic carbocycles. The number of sulfone groups is 1. The maximum Gasteiger partial charge on any atom is 0.241 e. The van der Waals surface area contributed by atoms with Gasteiger partial charge >= 0.3 is 0 Å². The lowest BCUT2D eigenvalue weighted by atomic mass is 10.1. The Morgan fingerprint density at radius 3 is 2.55 bits per heavy atom. The summed E-state index contributed by atoms with van der Waals surface area (Å²) >= 11 is 7.04. The van der Waals surface area contributed by atoms with Crippen molar-refractivity contribution in [2.45, 2.75) is 17.2 Å². The Bertz CT molecular complexity index is 1210. The van der Waals surface area contributed by atoms with Gasteiger partial charge in [0.2, 0.25) is 16.9 Å². The molecular formula is C20H17ClN4O4S2. The van der Waals surface area contributed by atoms with Crippen molar-refractivity contribution in [2.75, 3.05) is 22.5 Å². The molecule has 2 aromatic carbocycles. The third kappa shape index (κ3) is 4.92. The van der Waals surface area contributed by atoms with Crippen LogP contribution in [0.3, 0.4) is 0 Å². The van der Waals surface area contributed by atoms with Gasteiger partial charge in [0.25, 0.3) is 0 Å². The van der Waals surface area contributed by atoms with Gasteiger partial charge in [-0.15, -0.1) is 10.2 Å². The Kier molecular flexibility index (Phi) is 6.03. The van der Waals surface area contributed by atoms with Crippen molar-refractivity contribution in [3.8, 4) is 0 Å². The Hall–Kier alpha value is -2.82. The average molecular weight is 477 g/mol. The first-order valence-corrected chi connectivity index (χ1v) is 12.1. The van der Waals surface area contributed by atoms with Crippen LogP contribution in [0, 0.1) is 0 Å². The van der Waals surface area contributed by atoms with E-state index < -0.39 is 21.5 Å². The van der Waals surface area contributed by atoms with Crippen LogP contribution in [0.25, 0.3) is 0 Å². The second kappa shape index (κ2) is 8.74. The molecular weight excluding hydrogens is 460 g/mol. The number of anilines is 2. The van der Waals surface area contributed by atoms with Crippen LogP contribution in [0.4, 0.5) is 10.8 Å². The maximum atomic E-state index is 12.4. The van der Waals surface area contributed by atoms with E-state index in [0.717, 1.165) is 17.0 Å². The first-order valence-electron chi connectivity index (χ1n) is 9.29. The quantitative estimate of drug-likeness (QED) is 0.585.